The van der Waals surface area contributed by atoms with Gasteiger partial charge in [0.15, 0.2) is 0 Å². The summed E-state index contributed by atoms with van der Waals surface area (Å²) in [6.45, 7) is 0. The summed E-state index contributed by atoms with van der Waals surface area (Å²) in [5.41, 5.74) is 7.70. The molecule has 1 aromatic carbocycles. The molecule has 88 valence electrons. The van der Waals surface area contributed by atoms with E-state index >= 15 is 0 Å². The van der Waals surface area contributed by atoms with Gasteiger partial charge >= 0.3 is 0 Å². The fraction of sp³-hybridized carbons (Fsp3) is 0.154. The van der Waals surface area contributed by atoms with Gasteiger partial charge in [0.1, 0.15) is 5.69 Å². The number of hydrogen-bond donors (Lipinski definition) is 1. The Labute approximate surface area is 100 Å². The summed E-state index contributed by atoms with van der Waals surface area (Å²) < 4.78 is 1.73. The van der Waals surface area contributed by atoms with Crippen LogP contribution in [0.3, 0.4) is 0 Å². The Morgan fingerprint density at radius 2 is 1.94 bits per heavy atom. The quantitative estimate of drug-likeness (QED) is 0.854. The van der Waals surface area contributed by atoms with Crippen LogP contribution >= 0.6 is 0 Å². The molecule has 4 nitrogen and oxygen atoms in total. The number of carbonyl (C=O) groups excluding carboxylic acids is 1. The van der Waals surface area contributed by atoms with E-state index in [4.69, 9.17) is 5.73 Å². The lowest BCUT2D eigenvalue weighted by Crippen LogP contribution is -2.27. The van der Waals surface area contributed by atoms with E-state index in [0.29, 0.717) is 11.4 Å². The van der Waals surface area contributed by atoms with Crippen LogP contribution in [0, 0.1) is 0 Å². The smallest absolute Gasteiger partial charge is 0.274 e. The van der Waals surface area contributed by atoms with Gasteiger partial charge in [0, 0.05) is 26.0 Å². The Hall–Kier alpha value is -2.23. The Morgan fingerprint density at radius 3 is 2.47 bits per heavy atom. The molecule has 2 N–H and O–H groups in total. The summed E-state index contributed by atoms with van der Waals surface area (Å²) in [5, 5.41) is 0. The minimum absolute atomic E-state index is 0.0737. The molecule has 0 aliphatic rings. The van der Waals surface area contributed by atoms with Gasteiger partial charge in [-0.15, -0.1) is 0 Å². The van der Waals surface area contributed by atoms with Crippen molar-refractivity contribution in [1.82, 2.24) is 4.57 Å². The van der Waals surface area contributed by atoms with E-state index < -0.39 is 0 Å². The molecule has 0 fully saturated rings. The fourth-order valence-corrected chi connectivity index (χ4v) is 1.74. The molecule has 0 spiro atoms. The SMILES string of the molecule is CN(C(=O)c1cc(N)cn1C)c1ccccc1. The van der Waals surface area contributed by atoms with Crippen LogP contribution in [-0.2, 0) is 7.05 Å². The van der Waals surface area contributed by atoms with E-state index in [0.717, 1.165) is 5.69 Å². The molecule has 0 saturated carbocycles. The second-order valence-electron chi connectivity index (χ2n) is 3.97. The average Bonchev–Trinajstić information content (AvgIpc) is 2.68. The van der Waals surface area contributed by atoms with Crippen molar-refractivity contribution in [3.63, 3.8) is 0 Å². The van der Waals surface area contributed by atoms with Crippen LogP contribution in [0.4, 0.5) is 11.4 Å². The van der Waals surface area contributed by atoms with Crippen LogP contribution in [0.5, 0.6) is 0 Å². The normalized spacial score (nSPS) is 10.2. The number of nitrogens with zero attached hydrogens (tertiary/aromatic N) is 2. The van der Waals surface area contributed by atoms with E-state index in [1.165, 1.54) is 0 Å². The van der Waals surface area contributed by atoms with Gasteiger partial charge in [0.2, 0.25) is 0 Å². The lowest BCUT2D eigenvalue weighted by molar-refractivity contribution is 0.0985. The predicted octanol–water partition coefficient (Wildman–Crippen LogP) is 1.88. The first-order valence-corrected chi connectivity index (χ1v) is 5.34. The maximum absolute atomic E-state index is 12.2. The van der Waals surface area contributed by atoms with Crippen molar-refractivity contribution < 1.29 is 4.79 Å². The fourth-order valence-electron chi connectivity index (χ4n) is 1.74. The molecule has 2 aromatic rings. The molecule has 0 atom stereocenters. The highest BCUT2D eigenvalue weighted by Crippen LogP contribution is 2.16. The van der Waals surface area contributed by atoms with Gasteiger partial charge < -0.3 is 15.2 Å². The second-order valence-corrected chi connectivity index (χ2v) is 3.97. The number of aromatic nitrogens is 1. The number of anilines is 2. The van der Waals surface area contributed by atoms with Crippen LogP contribution in [-0.4, -0.2) is 17.5 Å². The third kappa shape index (κ3) is 2.15. The molecule has 1 amide bonds. The molecule has 2 rings (SSSR count). The molecule has 0 saturated heterocycles. The minimum Gasteiger partial charge on any atom is -0.397 e. The van der Waals surface area contributed by atoms with Crippen molar-refractivity contribution >= 4 is 17.3 Å². The van der Waals surface area contributed by atoms with E-state index in [-0.39, 0.29) is 5.91 Å². The number of carbonyl (C=O) groups is 1. The van der Waals surface area contributed by atoms with Gasteiger partial charge in [0.25, 0.3) is 5.91 Å². The molecule has 4 heteroatoms. The zero-order valence-corrected chi connectivity index (χ0v) is 9.92. The number of hydrogen-bond acceptors (Lipinski definition) is 2. The van der Waals surface area contributed by atoms with Gasteiger partial charge in [-0.25, -0.2) is 0 Å². The van der Waals surface area contributed by atoms with Gasteiger partial charge in [-0.3, -0.25) is 4.79 Å². The summed E-state index contributed by atoms with van der Waals surface area (Å²) >= 11 is 0. The van der Waals surface area contributed by atoms with Crippen molar-refractivity contribution in [3.8, 4) is 0 Å². The highest BCUT2D eigenvalue weighted by atomic mass is 16.2. The van der Waals surface area contributed by atoms with Crippen LogP contribution in [0.25, 0.3) is 0 Å². The van der Waals surface area contributed by atoms with Crippen molar-refractivity contribution in [2.24, 2.45) is 7.05 Å². The lowest BCUT2D eigenvalue weighted by atomic mass is 10.2. The molecule has 1 aromatic heterocycles. The van der Waals surface area contributed by atoms with Gasteiger partial charge in [0.05, 0.1) is 5.69 Å². The van der Waals surface area contributed by atoms with Gasteiger partial charge in [-0.2, -0.15) is 0 Å². The molecule has 0 unspecified atom stereocenters. The Balaban J connectivity index is 2.30. The zero-order valence-electron chi connectivity index (χ0n) is 9.92. The highest BCUT2D eigenvalue weighted by Gasteiger charge is 2.16. The zero-order chi connectivity index (χ0) is 12.4. The van der Waals surface area contributed by atoms with Crippen molar-refractivity contribution in [3.05, 3.63) is 48.3 Å². The molecule has 0 aliphatic carbocycles. The van der Waals surface area contributed by atoms with E-state index in [1.54, 1.807) is 28.8 Å². The van der Waals surface area contributed by atoms with Crippen LogP contribution in [0.2, 0.25) is 0 Å². The maximum Gasteiger partial charge on any atom is 0.274 e. The van der Waals surface area contributed by atoms with Crippen LogP contribution < -0.4 is 10.6 Å². The summed E-state index contributed by atoms with van der Waals surface area (Å²) in [6, 6.07) is 11.2. The van der Waals surface area contributed by atoms with E-state index in [1.807, 2.05) is 37.4 Å². The molecule has 0 radical (unpaired) electrons. The van der Waals surface area contributed by atoms with Crippen molar-refractivity contribution in [2.45, 2.75) is 0 Å². The summed E-state index contributed by atoms with van der Waals surface area (Å²) in [6.07, 6.45) is 1.73. The highest BCUT2D eigenvalue weighted by molar-refractivity contribution is 6.05. The number of benzene rings is 1. The summed E-state index contributed by atoms with van der Waals surface area (Å²) in [4.78, 5) is 13.8. The van der Waals surface area contributed by atoms with Crippen molar-refractivity contribution in [1.29, 1.82) is 0 Å². The number of rotatable bonds is 2. The third-order valence-corrected chi connectivity index (χ3v) is 2.69. The molecule has 17 heavy (non-hydrogen) atoms. The van der Waals surface area contributed by atoms with E-state index in [2.05, 4.69) is 0 Å². The largest absolute Gasteiger partial charge is 0.397 e. The number of para-hydroxylation sites is 1. The Kier molecular flexibility index (Phi) is 2.87. The standard InChI is InChI=1S/C13H15N3O/c1-15-9-10(14)8-12(15)13(17)16(2)11-6-4-3-5-7-11/h3-9H,14H2,1-2H3. The topological polar surface area (TPSA) is 51.3 Å². The average molecular weight is 229 g/mol. The maximum atomic E-state index is 12.2. The number of amides is 1. The minimum atomic E-state index is -0.0737. The molecular weight excluding hydrogens is 214 g/mol. The molecular formula is C13H15N3O. The van der Waals surface area contributed by atoms with Crippen molar-refractivity contribution in [2.75, 3.05) is 17.7 Å². The lowest BCUT2D eigenvalue weighted by Gasteiger charge is -2.17. The summed E-state index contributed by atoms with van der Waals surface area (Å²) in [5.74, 6) is -0.0737. The second kappa shape index (κ2) is 4.33. The Morgan fingerprint density at radius 1 is 1.29 bits per heavy atom. The first-order chi connectivity index (χ1) is 8.09. The van der Waals surface area contributed by atoms with Gasteiger partial charge in [-0.1, -0.05) is 18.2 Å². The van der Waals surface area contributed by atoms with Crippen LogP contribution in [0.1, 0.15) is 10.5 Å². The molecule has 1 heterocycles. The van der Waals surface area contributed by atoms with Crippen LogP contribution in [0.15, 0.2) is 42.6 Å². The first-order valence-electron chi connectivity index (χ1n) is 5.34. The third-order valence-electron chi connectivity index (χ3n) is 2.69. The first kappa shape index (κ1) is 11.3. The van der Waals surface area contributed by atoms with Gasteiger partial charge in [-0.05, 0) is 18.2 Å². The number of nitrogens with two attached hydrogens (primary N) is 1. The predicted molar refractivity (Wildman–Crippen MR) is 69.0 cm³/mol. The Bertz CT molecular complexity index is 531. The number of nitrogen functional groups attached to an aromatic ring is 1. The van der Waals surface area contributed by atoms with E-state index in [9.17, 15) is 4.79 Å². The molecule has 0 bridgehead atoms. The number of aryl methyl sites for hydroxylation is 1. The monoisotopic (exact) mass is 229 g/mol. The summed E-state index contributed by atoms with van der Waals surface area (Å²) in [7, 11) is 3.56. The molecule has 0 aliphatic heterocycles.